The molecule has 134 valence electrons. The molecule has 1 aliphatic rings. The molecule has 3 heterocycles. The van der Waals surface area contributed by atoms with Crippen molar-refractivity contribution >= 4 is 11.9 Å². The first-order valence-electron chi connectivity index (χ1n) is 8.34. The normalized spacial score (nSPS) is 16.9. The van der Waals surface area contributed by atoms with E-state index in [9.17, 15) is 9.90 Å². The summed E-state index contributed by atoms with van der Waals surface area (Å²) in [5, 5.41) is 13.8. The maximum absolute atomic E-state index is 11.9. The number of piperidine rings is 1. The molecule has 0 spiro atoms. The molecule has 3 rings (SSSR count). The summed E-state index contributed by atoms with van der Waals surface area (Å²) in [6, 6.07) is 3.48. The van der Waals surface area contributed by atoms with Gasteiger partial charge in [-0.1, -0.05) is 13.8 Å². The van der Waals surface area contributed by atoms with Crippen LogP contribution in [0.2, 0.25) is 0 Å². The van der Waals surface area contributed by atoms with Gasteiger partial charge >= 0.3 is 5.97 Å². The smallest absolute Gasteiger partial charge is 0.348 e. The third kappa shape index (κ3) is 3.42. The molecule has 25 heavy (non-hydrogen) atoms. The van der Waals surface area contributed by atoms with Crippen LogP contribution in [0.4, 0.5) is 5.95 Å². The van der Waals surface area contributed by atoms with Crippen LogP contribution in [0, 0.1) is 6.92 Å². The molecule has 8 nitrogen and oxygen atoms in total. The fraction of sp³-hybridized carbons (Fsp3) is 0.529. The van der Waals surface area contributed by atoms with E-state index in [4.69, 9.17) is 9.26 Å². The van der Waals surface area contributed by atoms with Crippen LogP contribution in [-0.4, -0.2) is 44.9 Å². The highest BCUT2D eigenvalue weighted by Gasteiger charge is 2.45. The summed E-state index contributed by atoms with van der Waals surface area (Å²) >= 11 is 0. The van der Waals surface area contributed by atoms with Gasteiger partial charge < -0.3 is 19.3 Å². The van der Waals surface area contributed by atoms with Crippen molar-refractivity contribution in [3.63, 3.8) is 0 Å². The largest absolute Gasteiger partial charge is 0.478 e. The van der Waals surface area contributed by atoms with Gasteiger partial charge in [0.15, 0.2) is 0 Å². The molecule has 1 aliphatic heterocycles. The van der Waals surface area contributed by atoms with E-state index in [-0.39, 0.29) is 5.92 Å². The lowest BCUT2D eigenvalue weighted by atomic mass is 9.91. The van der Waals surface area contributed by atoms with Crippen molar-refractivity contribution in [1.82, 2.24) is 15.1 Å². The Labute approximate surface area is 145 Å². The first kappa shape index (κ1) is 17.2. The van der Waals surface area contributed by atoms with Crippen LogP contribution in [0.15, 0.2) is 22.9 Å². The second kappa shape index (κ2) is 6.70. The molecule has 8 heteroatoms. The molecule has 1 fully saturated rings. The zero-order valence-electron chi connectivity index (χ0n) is 14.6. The van der Waals surface area contributed by atoms with Crippen molar-refractivity contribution in [3.05, 3.63) is 29.9 Å². The third-order valence-corrected chi connectivity index (χ3v) is 4.43. The van der Waals surface area contributed by atoms with Gasteiger partial charge in [0.2, 0.25) is 11.5 Å². The zero-order valence-corrected chi connectivity index (χ0v) is 14.6. The SMILES string of the molecule is Cc1ncccc1OC1(C(=O)O)CCN(c2noc(C(C)C)n2)CC1. The maximum atomic E-state index is 11.9. The summed E-state index contributed by atoms with van der Waals surface area (Å²) in [4.78, 5) is 22.4. The van der Waals surface area contributed by atoms with Gasteiger partial charge in [0, 0.05) is 38.0 Å². The molecule has 1 saturated heterocycles. The minimum absolute atomic E-state index is 0.154. The number of nitrogens with zero attached hydrogens (tertiary/aromatic N) is 4. The molecule has 2 aromatic heterocycles. The number of carboxylic acid groups (broad SMARTS) is 1. The first-order valence-corrected chi connectivity index (χ1v) is 8.34. The number of carboxylic acids is 1. The Hall–Kier alpha value is -2.64. The minimum Gasteiger partial charge on any atom is -0.478 e. The van der Waals surface area contributed by atoms with Crippen molar-refractivity contribution < 1.29 is 19.2 Å². The summed E-state index contributed by atoms with van der Waals surface area (Å²) < 4.78 is 11.1. The predicted molar refractivity (Wildman–Crippen MR) is 89.8 cm³/mol. The molecule has 1 N–H and O–H groups in total. The predicted octanol–water partition coefficient (Wildman–Crippen LogP) is 2.40. The number of hydrogen-bond donors (Lipinski definition) is 1. The highest BCUT2D eigenvalue weighted by atomic mass is 16.5. The monoisotopic (exact) mass is 346 g/mol. The van der Waals surface area contributed by atoms with Gasteiger partial charge in [-0.2, -0.15) is 4.98 Å². The standard InChI is InChI=1S/C17H22N4O4/c1-11(2)14-19-16(20-25-14)21-9-6-17(7-10-21,15(22)23)24-13-5-4-8-18-12(13)3/h4-5,8,11H,6-7,9-10H2,1-3H3,(H,22,23). The van der Waals surface area contributed by atoms with E-state index < -0.39 is 11.6 Å². The van der Waals surface area contributed by atoms with E-state index in [1.54, 1.807) is 25.3 Å². The van der Waals surface area contributed by atoms with Gasteiger partial charge in [-0.25, -0.2) is 4.79 Å². The Balaban J connectivity index is 1.74. The minimum atomic E-state index is -1.27. The van der Waals surface area contributed by atoms with Gasteiger partial charge in [-0.15, -0.1) is 0 Å². The average molecular weight is 346 g/mol. The number of aryl methyl sites for hydroxylation is 1. The lowest BCUT2D eigenvalue weighted by Crippen LogP contribution is -2.53. The summed E-state index contributed by atoms with van der Waals surface area (Å²) in [5.74, 6) is 0.764. The van der Waals surface area contributed by atoms with Crippen LogP contribution >= 0.6 is 0 Å². The Morgan fingerprint density at radius 1 is 1.40 bits per heavy atom. The van der Waals surface area contributed by atoms with Crippen molar-refractivity contribution in [3.8, 4) is 5.75 Å². The molecular formula is C17H22N4O4. The number of aliphatic carboxylic acids is 1. The second-order valence-electron chi connectivity index (χ2n) is 6.56. The zero-order chi connectivity index (χ0) is 18.0. The summed E-state index contributed by atoms with van der Waals surface area (Å²) in [6.07, 6.45) is 2.30. The van der Waals surface area contributed by atoms with Crippen LogP contribution in [0.1, 0.15) is 44.2 Å². The average Bonchev–Trinajstić information content (AvgIpc) is 3.08. The Bertz CT molecular complexity index is 751. The van der Waals surface area contributed by atoms with Crippen molar-refractivity contribution in [2.45, 2.75) is 45.1 Å². The van der Waals surface area contributed by atoms with Gasteiger partial charge in [0.1, 0.15) is 5.75 Å². The summed E-state index contributed by atoms with van der Waals surface area (Å²) in [5.41, 5.74) is -0.597. The fourth-order valence-electron chi connectivity index (χ4n) is 2.81. The van der Waals surface area contributed by atoms with E-state index in [1.165, 1.54) is 0 Å². The van der Waals surface area contributed by atoms with E-state index in [2.05, 4.69) is 15.1 Å². The molecule has 0 aliphatic carbocycles. The van der Waals surface area contributed by atoms with Gasteiger partial charge in [-0.05, 0) is 24.2 Å². The molecular weight excluding hydrogens is 324 g/mol. The van der Waals surface area contributed by atoms with Crippen molar-refractivity contribution in [2.75, 3.05) is 18.0 Å². The van der Waals surface area contributed by atoms with E-state index >= 15 is 0 Å². The lowest BCUT2D eigenvalue weighted by Gasteiger charge is -2.38. The van der Waals surface area contributed by atoms with Gasteiger partial charge in [-0.3, -0.25) is 4.98 Å². The first-order chi connectivity index (χ1) is 11.9. The molecule has 0 radical (unpaired) electrons. The van der Waals surface area contributed by atoms with E-state index in [0.29, 0.717) is 49.2 Å². The number of ether oxygens (including phenoxy) is 1. The Morgan fingerprint density at radius 3 is 2.68 bits per heavy atom. The van der Waals surface area contributed by atoms with Crippen LogP contribution < -0.4 is 9.64 Å². The number of carbonyl (C=O) groups is 1. The topological polar surface area (TPSA) is 102 Å². The summed E-state index contributed by atoms with van der Waals surface area (Å²) in [6.45, 7) is 6.71. The third-order valence-electron chi connectivity index (χ3n) is 4.43. The maximum Gasteiger partial charge on any atom is 0.348 e. The number of anilines is 1. The Kier molecular flexibility index (Phi) is 4.61. The highest BCUT2D eigenvalue weighted by molar-refractivity contribution is 5.78. The lowest BCUT2D eigenvalue weighted by molar-refractivity contribution is -0.157. The number of pyridine rings is 1. The number of rotatable bonds is 5. The second-order valence-corrected chi connectivity index (χ2v) is 6.56. The number of aromatic nitrogens is 3. The fourth-order valence-corrected chi connectivity index (χ4v) is 2.81. The molecule has 0 unspecified atom stereocenters. The van der Waals surface area contributed by atoms with Crippen molar-refractivity contribution in [2.24, 2.45) is 0 Å². The molecule has 0 saturated carbocycles. The van der Waals surface area contributed by atoms with Crippen molar-refractivity contribution in [1.29, 1.82) is 0 Å². The highest BCUT2D eigenvalue weighted by Crippen LogP contribution is 2.32. The van der Waals surface area contributed by atoms with Crippen LogP contribution in [-0.2, 0) is 4.79 Å². The number of hydrogen-bond acceptors (Lipinski definition) is 7. The van der Waals surface area contributed by atoms with Crippen LogP contribution in [0.5, 0.6) is 5.75 Å². The molecule has 0 atom stereocenters. The van der Waals surface area contributed by atoms with E-state index in [1.807, 2.05) is 18.7 Å². The molecule has 2 aromatic rings. The van der Waals surface area contributed by atoms with Crippen LogP contribution in [0.25, 0.3) is 0 Å². The van der Waals surface area contributed by atoms with Crippen LogP contribution in [0.3, 0.4) is 0 Å². The van der Waals surface area contributed by atoms with Gasteiger partial charge in [0.05, 0.1) is 5.69 Å². The molecule has 0 bridgehead atoms. The summed E-state index contributed by atoms with van der Waals surface area (Å²) in [7, 11) is 0. The molecule has 0 aromatic carbocycles. The van der Waals surface area contributed by atoms with Gasteiger partial charge in [0.25, 0.3) is 5.95 Å². The van der Waals surface area contributed by atoms with E-state index in [0.717, 1.165) is 0 Å². The molecule has 0 amide bonds. The quantitative estimate of drug-likeness (QED) is 0.880. The Morgan fingerprint density at radius 2 is 2.12 bits per heavy atom.